The highest BCUT2D eigenvalue weighted by Gasteiger charge is 2.22. The van der Waals surface area contributed by atoms with E-state index in [1.165, 1.54) is 0 Å². The van der Waals surface area contributed by atoms with Gasteiger partial charge in [0.05, 0.1) is 24.5 Å². The van der Waals surface area contributed by atoms with Crippen LogP contribution in [0.1, 0.15) is 23.6 Å². The van der Waals surface area contributed by atoms with E-state index in [-0.39, 0.29) is 12.1 Å². The molecule has 1 aliphatic heterocycles. The predicted octanol–water partition coefficient (Wildman–Crippen LogP) is 3.20. The highest BCUT2D eigenvalue weighted by Crippen LogP contribution is 2.31. The van der Waals surface area contributed by atoms with Crippen molar-refractivity contribution in [2.75, 3.05) is 6.61 Å². The molecule has 1 atom stereocenters. The zero-order valence-electron chi connectivity index (χ0n) is 14.3. The van der Waals surface area contributed by atoms with Crippen molar-refractivity contribution in [1.29, 1.82) is 0 Å². The van der Waals surface area contributed by atoms with E-state index in [0.717, 1.165) is 29.0 Å². The molecule has 2 aromatic carbocycles. The highest BCUT2D eigenvalue weighted by molar-refractivity contribution is 5.74. The van der Waals surface area contributed by atoms with Crippen LogP contribution in [0.3, 0.4) is 0 Å². The Morgan fingerprint density at radius 2 is 1.96 bits per heavy atom. The second-order valence-corrected chi connectivity index (χ2v) is 6.18. The monoisotopic (exact) mass is 348 g/mol. The van der Waals surface area contributed by atoms with E-state index in [9.17, 15) is 4.79 Å². The number of hydrogen-bond acceptors (Lipinski definition) is 3. The van der Waals surface area contributed by atoms with Crippen LogP contribution < -0.4 is 15.4 Å². The smallest absolute Gasteiger partial charge is 0.315 e. The van der Waals surface area contributed by atoms with Gasteiger partial charge < -0.3 is 15.4 Å². The Morgan fingerprint density at radius 3 is 2.85 bits per heavy atom. The van der Waals surface area contributed by atoms with Gasteiger partial charge in [-0.2, -0.15) is 5.10 Å². The Kier molecular flexibility index (Phi) is 4.55. The molecular weight excluding hydrogens is 328 g/mol. The third-order valence-corrected chi connectivity index (χ3v) is 4.37. The molecule has 2 heterocycles. The number of aromatic nitrogens is 2. The maximum atomic E-state index is 12.3. The Morgan fingerprint density at radius 1 is 1.15 bits per heavy atom. The Labute approximate surface area is 151 Å². The first-order valence-corrected chi connectivity index (χ1v) is 8.65. The molecule has 0 saturated heterocycles. The number of para-hydroxylation sites is 2. The van der Waals surface area contributed by atoms with Gasteiger partial charge in [0.15, 0.2) is 0 Å². The summed E-state index contributed by atoms with van der Waals surface area (Å²) in [5.74, 6) is 0.841. The van der Waals surface area contributed by atoms with Crippen molar-refractivity contribution in [2.45, 2.75) is 19.0 Å². The molecule has 4 rings (SSSR count). The SMILES string of the molecule is O=C(NCc1cnn(-c2ccccc2)c1)NC1CCOc2ccccc21. The normalized spacial score (nSPS) is 15.6. The van der Waals surface area contributed by atoms with Gasteiger partial charge in [0, 0.05) is 30.3 Å². The first kappa shape index (κ1) is 16.2. The summed E-state index contributed by atoms with van der Waals surface area (Å²) in [5.41, 5.74) is 2.95. The lowest BCUT2D eigenvalue weighted by Gasteiger charge is -2.26. The van der Waals surface area contributed by atoms with Gasteiger partial charge in [0.2, 0.25) is 0 Å². The number of ether oxygens (including phenoxy) is 1. The van der Waals surface area contributed by atoms with Gasteiger partial charge >= 0.3 is 6.03 Å². The van der Waals surface area contributed by atoms with E-state index in [1.807, 2.05) is 60.8 Å². The van der Waals surface area contributed by atoms with Gasteiger partial charge in [-0.25, -0.2) is 9.48 Å². The van der Waals surface area contributed by atoms with Crippen molar-refractivity contribution in [2.24, 2.45) is 0 Å². The van der Waals surface area contributed by atoms with Crippen molar-refractivity contribution in [3.05, 3.63) is 78.1 Å². The van der Waals surface area contributed by atoms with Crippen LogP contribution in [0.15, 0.2) is 67.0 Å². The van der Waals surface area contributed by atoms with Gasteiger partial charge in [-0.1, -0.05) is 36.4 Å². The van der Waals surface area contributed by atoms with Crippen LogP contribution in [0.4, 0.5) is 4.79 Å². The molecule has 6 heteroatoms. The summed E-state index contributed by atoms with van der Waals surface area (Å²) < 4.78 is 7.42. The molecule has 0 spiro atoms. The average molecular weight is 348 g/mol. The third kappa shape index (κ3) is 3.54. The zero-order valence-corrected chi connectivity index (χ0v) is 14.3. The van der Waals surface area contributed by atoms with Crippen molar-refractivity contribution in [3.8, 4) is 11.4 Å². The summed E-state index contributed by atoms with van der Waals surface area (Å²) in [6.07, 6.45) is 4.44. The summed E-state index contributed by atoms with van der Waals surface area (Å²) in [4.78, 5) is 12.3. The summed E-state index contributed by atoms with van der Waals surface area (Å²) in [6, 6.07) is 17.5. The molecule has 1 unspecified atom stereocenters. The molecular formula is C20H20N4O2. The van der Waals surface area contributed by atoms with E-state index < -0.39 is 0 Å². The standard InChI is InChI=1S/C20H20N4O2/c25-20(23-18-10-11-26-19-9-5-4-8-17(18)19)21-12-15-13-22-24(14-15)16-6-2-1-3-7-16/h1-9,13-14,18H,10-12H2,(H2,21,23,25). The molecule has 1 aliphatic rings. The lowest BCUT2D eigenvalue weighted by atomic mass is 10.0. The number of fused-ring (bicyclic) bond motifs is 1. The molecule has 0 fully saturated rings. The molecule has 0 saturated carbocycles. The second-order valence-electron chi connectivity index (χ2n) is 6.18. The van der Waals surface area contributed by atoms with E-state index in [1.54, 1.807) is 10.9 Å². The van der Waals surface area contributed by atoms with E-state index in [4.69, 9.17) is 4.74 Å². The van der Waals surface area contributed by atoms with Crippen LogP contribution >= 0.6 is 0 Å². The molecule has 3 aromatic rings. The number of rotatable bonds is 4. The quantitative estimate of drug-likeness (QED) is 0.761. The minimum atomic E-state index is -0.195. The molecule has 0 aliphatic carbocycles. The van der Waals surface area contributed by atoms with Crippen LogP contribution in [0.25, 0.3) is 5.69 Å². The number of carbonyl (C=O) groups excluding carboxylic acids is 1. The van der Waals surface area contributed by atoms with E-state index >= 15 is 0 Å². The van der Waals surface area contributed by atoms with Gasteiger partial charge in [-0.15, -0.1) is 0 Å². The predicted molar refractivity (Wildman–Crippen MR) is 98.2 cm³/mol. The fourth-order valence-corrected chi connectivity index (χ4v) is 3.06. The Balaban J connectivity index is 1.35. The van der Waals surface area contributed by atoms with E-state index in [0.29, 0.717) is 13.2 Å². The molecule has 132 valence electrons. The molecule has 26 heavy (non-hydrogen) atoms. The highest BCUT2D eigenvalue weighted by atomic mass is 16.5. The lowest BCUT2D eigenvalue weighted by Crippen LogP contribution is -2.39. The van der Waals surface area contributed by atoms with Crippen molar-refractivity contribution in [3.63, 3.8) is 0 Å². The zero-order chi connectivity index (χ0) is 17.8. The van der Waals surface area contributed by atoms with Crippen LogP contribution in [-0.4, -0.2) is 22.4 Å². The number of benzene rings is 2. The maximum Gasteiger partial charge on any atom is 0.315 e. The van der Waals surface area contributed by atoms with Crippen LogP contribution in [-0.2, 0) is 6.54 Å². The largest absolute Gasteiger partial charge is 0.493 e. The van der Waals surface area contributed by atoms with Gasteiger partial charge in [-0.3, -0.25) is 0 Å². The topological polar surface area (TPSA) is 68.2 Å². The average Bonchev–Trinajstić information content (AvgIpc) is 3.17. The fraction of sp³-hybridized carbons (Fsp3) is 0.200. The van der Waals surface area contributed by atoms with Crippen LogP contribution in [0.5, 0.6) is 5.75 Å². The molecule has 0 bridgehead atoms. The summed E-state index contributed by atoms with van der Waals surface area (Å²) in [5, 5.41) is 10.3. The number of urea groups is 1. The number of amides is 2. The summed E-state index contributed by atoms with van der Waals surface area (Å²) in [7, 11) is 0. The Bertz CT molecular complexity index is 892. The number of hydrogen-bond donors (Lipinski definition) is 2. The minimum absolute atomic E-state index is 0.0352. The molecule has 2 amide bonds. The van der Waals surface area contributed by atoms with E-state index in [2.05, 4.69) is 15.7 Å². The number of carbonyl (C=O) groups is 1. The summed E-state index contributed by atoms with van der Waals surface area (Å²) >= 11 is 0. The van der Waals surface area contributed by atoms with Crippen molar-refractivity contribution in [1.82, 2.24) is 20.4 Å². The third-order valence-electron chi connectivity index (χ3n) is 4.37. The molecule has 0 radical (unpaired) electrons. The van der Waals surface area contributed by atoms with Gasteiger partial charge in [-0.05, 0) is 18.2 Å². The number of nitrogens with one attached hydrogen (secondary N) is 2. The van der Waals surface area contributed by atoms with Gasteiger partial charge in [0.1, 0.15) is 5.75 Å². The first-order valence-electron chi connectivity index (χ1n) is 8.65. The van der Waals surface area contributed by atoms with Crippen LogP contribution in [0.2, 0.25) is 0 Å². The lowest BCUT2D eigenvalue weighted by molar-refractivity contribution is 0.223. The number of nitrogens with zero attached hydrogens (tertiary/aromatic N) is 2. The fourth-order valence-electron chi connectivity index (χ4n) is 3.06. The maximum absolute atomic E-state index is 12.3. The molecule has 1 aromatic heterocycles. The van der Waals surface area contributed by atoms with Crippen LogP contribution in [0, 0.1) is 0 Å². The minimum Gasteiger partial charge on any atom is -0.493 e. The first-order chi connectivity index (χ1) is 12.8. The molecule has 6 nitrogen and oxygen atoms in total. The second kappa shape index (κ2) is 7.31. The van der Waals surface area contributed by atoms with Crippen molar-refractivity contribution >= 4 is 6.03 Å². The van der Waals surface area contributed by atoms with Crippen molar-refractivity contribution < 1.29 is 9.53 Å². The molecule has 2 N–H and O–H groups in total. The van der Waals surface area contributed by atoms with Gasteiger partial charge in [0.25, 0.3) is 0 Å². The summed E-state index contributed by atoms with van der Waals surface area (Å²) in [6.45, 7) is 1.02. The Hall–Kier alpha value is -3.28.